The van der Waals surface area contributed by atoms with Crippen molar-refractivity contribution in [1.82, 2.24) is 10.2 Å². The lowest BCUT2D eigenvalue weighted by Crippen LogP contribution is -2.30. The van der Waals surface area contributed by atoms with E-state index in [0.717, 1.165) is 34.3 Å². The minimum Gasteiger partial charge on any atom is -0.459 e. The number of nitrogens with one attached hydrogen (secondary N) is 1. The molecular weight excluding hydrogens is 423 g/mol. The summed E-state index contributed by atoms with van der Waals surface area (Å²) in [5.41, 5.74) is 2.13. The quantitative estimate of drug-likeness (QED) is 0.559. The van der Waals surface area contributed by atoms with E-state index in [1.807, 2.05) is 18.2 Å². The third-order valence-corrected chi connectivity index (χ3v) is 4.32. The highest BCUT2D eigenvalue weighted by Crippen LogP contribution is 2.29. The summed E-state index contributed by atoms with van der Waals surface area (Å²) in [4.78, 5) is 2.17. The van der Waals surface area contributed by atoms with Gasteiger partial charge in [-0.2, -0.15) is 0 Å². The Hall–Kier alpha value is -1.04. The first-order chi connectivity index (χ1) is 11.1. The van der Waals surface area contributed by atoms with Gasteiger partial charge >= 0.3 is 0 Å². The second kappa shape index (κ2) is 10.2. The summed E-state index contributed by atoms with van der Waals surface area (Å²) >= 11 is 3.52. The van der Waals surface area contributed by atoms with Gasteiger partial charge in [0.1, 0.15) is 11.3 Å². The molecule has 1 N–H and O–H groups in total. The Balaban J connectivity index is 0.00000156. The number of rotatable bonds is 6. The molecular formula is C19H23BrCl2N2O. The van der Waals surface area contributed by atoms with E-state index < -0.39 is 0 Å². The van der Waals surface area contributed by atoms with Crippen LogP contribution in [0.25, 0.3) is 11.0 Å². The van der Waals surface area contributed by atoms with Crippen molar-refractivity contribution in [3.05, 3.63) is 70.4 Å². The van der Waals surface area contributed by atoms with Gasteiger partial charge in [-0.1, -0.05) is 46.3 Å². The molecule has 0 fully saturated rings. The number of hydrogen-bond acceptors (Lipinski definition) is 3. The maximum Gasteiger partial charge on any atom is 0.134 e. The standard InChI is InChI=1S/C19H21BrN2O.2ClH/c1-22(2)11-10-21-19(14-6-4-3-5-7-14)18-13-15-12-16(20)8-9-17(15)23-18;;/h3-9,12-13,19,21H,10-11H2,1-2H3;2*1H. The first-order valence-corrected chi connectivity index (χ1v) is 8.55. The van der Waals surface area contributed by atoms with Gasteiger partial charge in [0.05, 0.1) is 6.04 Å². The van der Waals surface area contributed by atoms with Crippen LogP contribution in [-0.4, -0.2) is 32.1 Å². The van der Waals surface area contributed by atoms with Crippen LogP contribution in [0.5, 0.6) is 0 Å². The van der Waals surface area contributed by atoms with Crippen molar-refractivity contribution in [3.63, 3.8) is 0 Å². The SMILES string of the molecule is CN(C)CCNC(c1ccccc1)c1cc2cc(Br)ccc2o1.Cl.Cl. The molecule has 25 heavy (non-hydrogen) atoms. The van der Waals surface area contributed by atoms with E-state index >= 15 is 0 Å². The Morgan fingerprint density at radius 2 is 1.76 bits per heavy atom. The van der Waals surface area contributed by atoms with E-state index in [9.17, 15) is 0 Å². The molecule has 0 saturated heterocycles. The molecule has 1 atom stereocenters. The molecule has 0 radical (unpaired) electrons. The second-order valence-electron chi connectivity index (χ2n) is 5.93. The predicted molar refractivity (Wildman–Crippen MR) is 113 cm³/mol. The van der Waals surface area contributed by atoms with Crippen molar-refractivity contribution >= 4 is 51.7 Å². The molecule has 136 valence electrons. The highest BCUT2D eigenvalue weighted by molar-refractivity contribution is 9.10. The van der Waals surface area contributed by atoms with Crippen LogP contribution in [0.2, 0.25) is 0 Å². The Bertz CT molecular complexity index is 777. The number of halogens is 3. The van der Waals surface area contributed by atoms with Gasteiger partial charge in [0, 0.05) is 22.9 Å². The summed E-state index contributed by atoms with van der Waals surface area (Å²) in [6, 6.07) is 18.7. The zero-order chi connectivity index (χ0) is 16.2. The number of benzene rings is 2. The van der Waals surface area contributed by atoms with Crippen LogP contribution in [0.4, 0.5) is 0 Å². The molecule has 0 saturated carbocycles. The molecule has 0 aliphatic heterocycles. The zero-order valence-electron chi connectivity index (χ0n) is 14.2. The van der Waals surface area contributed by atoms with E-state index in [4.69, 9.17) is 4.42 Å². The molecule has 6 heteroatoms. The van der Waals surface area contributed by atoms with Crippen molar-refractivity contribution in [2.24, 2.45) is 0 Å². The maximum atomic E-state index is 6.10. The highest BCUT2D eigenvalue weighted by atomic mass is 79.9. The topological polar surface area (TPSA) is 28.4 Å². The largest absolute Gasteiger partial charge is 0.459 e. The smallest absolute Gasteiger partial charge is 0.134 e. The maximum absolute atomic E-state index is 6.10. The first kappa shape index (κ1) is 22.0. The summed E-state index contributed by atoms with van der Waals surface area (Å²) in [6.45, 7) is 1.88. The van der Waals surface area contributed by atoms with Crippen molar-refractivity contribution in [1.29, 1.82) is 0 Å². The minimum absolute atomic E-state index is 0. The van der Waals surface area contributed by atoms with Gasteiger partial charge in [-0.15, -0.1) is 24.8 Å². The van der Waals surface area contributed by atoms with Crippen molar-refractivity contribution < 1.29 is 4.42 Å². The van der Waals surface area contributed by atoms with Gasteiger partial charge in [-0.25, -0.2) is 0 Å². The highest BCUT2D eigenvalue weighted by Gasteiger charge is 2.18. The first-order valence-electron chi connectivity index (χ1n) is 7.75. The normalized spacial score (nSPS) is 11.8. The fraction of sp³-hybridized carbons (Fsp3) is 0.263. The van der Waals surface area contributed by atoms with Crippen molar-refractivity contribution in [3.8, 4) is 0 Å². The van der Waals surface area contributed by atoms with Crippen LogP contribution < -0.4 is 5.32 Å². The van der Waals surface area contributed by atoms with Gasteiger partial charge in [0.25, 0.3) is 0 Å². The summed E-state index contributed by atoms with van der Waals surface area (Å²) in [6.07, 6.45) is 0. The third-order valence-electron chi connectivity index (χ3n) is 3.82. The van der Waals surface area contributed by atoms with Crippen LogP contribution in [0.15, 0.2) is 63.5 Å². The summed E-state index contributed by atoms with van der Waals surface area (Å²) in [5, 5.41) is 4.73. The molecule has 3 nitrogen and oxygen atoms in total. The molecule has 1 aromatic heterocycles. The van der Waals surface area contributed by atoms with Crippen molar-refractivity contribution in [2.75, 3.05) is 27.2 Å². The molecule has 1 unspecified atom stereocenters. The van der Waals surface area contributed by atoms with Crippen LogP contribution in [0.1, 0.15) is 17.4 Å². The van der Waals surface area contributed by atoms with E-state index in [1.54, 1.807) is 0 Å². The second-order valence-corrected chi connectivity index (χ2v) is 6.85. The van der Waals surface area contributed by atoms with Crippen LogP contribution in [0, 0.1) is 0 Å². The molecule has 0 bridgehead atoms. The third kappa shape index (κ3) is 5.73. The van der Waals surface area contributed by atoms with Gasteiger partial charge in [-0.3, -0.25) is 0 Å². The van der Waals surface area contributed by atoms with Gasteiger partial charge in [0.2, 0.25) is 0 Å². The number of likely N-dealkylation sites (N-methyl/N-ethyl adjacent to an activating group) is 1. The lowest BCUT2D eigenvalue weighted by molar-refractivity contribution is 0.381. The summed E-state index contributed by atoms with van der Waals surface area (Å²) < 4.78 is 7.16. The molecule has 3 aromatic rings. The fourth-order valence-electron chi connectivity index (χ4n) is 2.64. The molecule has 1 heterocycles. The lowest BCUT2D eigenvalue weighted by atomic mass is 10.0. The van der Waals surface area contributed by atoms with Crippen LogP contribution in [-0.2, 0) is 0 Å². The molecule has 2 aromatic carbocycles. The zero-order valence-corrected chi connectivity index (χ0v) is 17.5. The number of hydrogen-bond donors (Lipinski definition) is 1. The Labute approximate surface area is 169 Å². The molecule has 0 spiro atoms. The Kier molecular flexibility index (Phi) is 8.97. The molecule has 3 rings (SSSR count). The van der Waals surface area contributed by atoms with Gasteiger partial charge in [0.15, 0.2) is 0 Å². The van der Waals surface area contributed by atoms with Crippen LogP contribution >= 0.6 is 40.7 Å². The van der Waals surface area contributed by atoms with Gasteiger partial charge in [-0.05, 0) is 43.9 Å². The average molecular weight is 446 g/mol. The lowest BCUT2D eigenvalue weighted by Gasteiger charge is -2.18. The molecule has 0 aliphatic carbocycles. The predicted octanol–water partition coefficient (Wildman–Crippen LogP) is 5.28. The Morgan fingerprint density at radius 3 is 2.44 bits per heavy atom. The minimum atomic E-state index is 0. The van der Waals surface area contributed by atoms with E-state index in [2.05, 4.69) is 76.6 Å². The average Bonchev–Trinajstić information content (AvgIpc) is 2.94. The number of nitrogens with zero attached hydrogens (tertiary/aromatic N) is 1. The van der Waals surface area contributed by atoms with Gasteiger partial charge < -0.3 is 14.6 Å². The number of fused-ring (bicyclic) bond motifs is 1. The van der Waals surface area contributed by atoms with Crippen LogP contribution in [0.3, 0.4) is 0 Å². The Morgan fingerprint density at radius 1 is 1.04 bits per heavy atom. The summed E-state index contributed by atoms with van der Waals surface area (Å²) in [5.74, 6) is 0.947. The fourth-order valence-corrected chi connectivity index (χ4v) is 3.02. The monoisotopic (exact) mass is 444 g/mol. The van der Waals surface area contributed by atoms with E-state index in [-0.39, 0.29) is 30.9 Å². The number of furan rings is 1. The van der Waals surface area contributed by atoms with Crippen molar-refractivity contribution in [2.45, 2.75) is 6.04 Å². The van der Waals surface area contributed by atoms with E-state index in [1.165, 1.54) is 5.56 Å². The summed E-state index contributed by atoms with van der Waals surface area (Å²) in [7, 11) is 4.16. The molecule has 0 aliphatic rings. The van der Waals surface area contributed by atoms with E-state index in [0.29, 0.717) is 0 Å². The molecule has 0 amide bonds.